The highest BCUT2D eigenvalue weighted by Crippen LogP contribution is 2.23. The van der Waals surface area contributed by atoms with Gasteiger partial charge in [-0.3, -0.25) is 14.5 Å². The van der Waals surface area contributed by atoms with E-state index in [9.17, 15) is 14.7 Å². The first-order chi connectivity index (χ1) is 8.59. The molecule has 0 aromatic carbocycles. The Morgan fingerprint density at radius 1 is 1.44 bits per heavy atom. The van der Waals surface area contributed by atoms with Gasteiger partial charge in [-0.05, 0) is 24.9 Å². The van der Waals surface area contributed by atoms with E-state index in [1.165, 1.54) is 6.07 Å². The van der Waals surface area contributed by atoms with Crippen molar-refractivity contribution in [3.05, 3.63) is 34.7 Å². The fraction of sp³-hybridized carbons (Fsp3) is 0.538. The largest absolute Gasteiger partial charge is 0.480 e. The molecule has 1 aromatic heterocycles. The Kier molecular flexibility index (Phi) is 3.81. The number of carbonyl (C=O) groups is 1. The average Bonchev–Trinajstić information content (AvgIpc) is 2.69. The molecule has 0 radical (unpaired) electrons. The van der Waals surface area contributed by atoms with E-state index in [2.05, 4.69) is 0 Å². The van der Waals surface area contributed by atoms with Crippen molar-refractivity contribution in [2.75, 3.05) is 13.1 Å². The molecule has 0 bridgehead atoms. The van der Waals surface area contributed by atoms with Gasteiger partial charge in [0, 0.05) is 25.4 Å². The molecule has 1 aliphatic rings. The summed E-state index contributed by atoms with van der Waals surface area (Å²) in [5.74, 6) is -0.588. The number of hydrogen-bond acceptors (Lipinski definition) is 3. The molecule has 5 heteroatoms. The predicted molar refractivity (Wildman–Crippen MR) is 67.5 cm³/mol. The second kappa shape index (κ2) is 5.35. The smallest absolute Gasteiger partial charge is 0.321 e. The summed E-state index contributed by atoms with van der Waals surface area (Å²) < 4.78 is 1.61. The van der Waals surface area contributed by atoms with Crippen molar-refractivity contribution in [3.8, 4) is 0 Å². The van der Waals surface area contributed by atoms with Gasteiger partial charge in [0.05, 0.1) is 0 Å². The first kappa shape index (κ1) is 12.8. The number of nitrogens with zero attached hydrogens (tertiary/aromatic N) is 2. The number of hydrogen-bond donors (Lipinski definition) is 1. The monoisotopic (exact) mass is 250 g/mol. The highest BCUT2D eigenvalue weighted by molar-refractivity contribution is 5.74. The second-order valence-electron chi connectivity index (χ2n) is 4.82. The lowest BCUT2D eigenvalue weighted by Gasteiger charge is -2.23. The van der Waals surface area contributed by atoms with Gasteiger partial charge >= 0.3 is 5.97 Å². The third-order valence-corrected chi connectivity index (χ3v) is 3.58. The molecule has 0 amide bonds. The molecule has 2 atom stereocenters. The third kappa shape index (κ3) is 2.61. The van der Waals surface area contributed by atoms with Crippen LogP contribution in [-0.2, 0) is 11.3 Å². The van der Waals surface area contributed by atoms with E-state index < -0.39 is 12.0 Å². The van der Waals surface area contributed by atoms with Gasteiger partial charge in [-0.1, -0.05) is 13.0 Å². The molecule has 5 nitrogen and oxygen atoms in total. The predicted octanol–water partition coefficient (Wildman–Crippen LogP) is 0.643. The van der Waals surface area contributed by atoms with Gasteiger partial charge < -0.3 is 9.67 Å². The first-order valence-corrected chi connectivity index (χ1v) is 6.22. The van der Waals surface area contributed by atoms with Gasteiger partial charge in [-0.15, -0.1) is 0 Å². The van der Waals surface area contributed by atoms with Gasteiger partial charge in [0.2, 0.25) is 0 Å². The van der Waals surface area contributed by atoms with Crippen LogP contribution in [0.25, 0.3) is 0 Å². The minimum atomic E-state index is -0.764. The van der Waals surface area contributed by atoms with Crippen LogP contribution in [-0.4, -0.2) is 39.7 Å². The zero-order valence-electron chi connectivity index (χ0n) is 10.5. The second-order valence-corrected chi connectivity index (χ2v) is 4.82. The lowest BCUT2D eigenvalue weighted by molar-refractivity contribution is -0.143. The van der Waals surface area contributed by atoms with Crippen LogP contribution < -0.4 is 5.56 Å². The Hall–Kier alpha value is -1.62. The Morgan fingerprint density at radius 3 is 2.89 bits per heavy atom. The molecule has 2 rings (SSSR count). The van der Waals surface area contributed by atoms with Crippen LogP contribution in [0.15, 0.2) is 29.2 Å². The summed E-state index contributed by atoms with van der Waals surface area (Å²) >= 11 is 0. The first-order valence-electron chi connectivity index (χ1n) is 6.22. The van der Waals surface area contributed by atoms with E-state index in [4.69, 9.17) is 0 Å². The topological polar surface area (TPSA) is 62.5 Å². The standard InChI is InChI=1S/C13H18N2O3/c1-10-5-7-15(12(10)13(17)18)9-8-14-6-3-2-4-11(14)16/h2-4,6,10,12H,5,7-9H2,1H3,(H,17,18). The van der Waals surface area contributed by atoms with Gasteiger partial charge in [-0.25, -0.2) is 0 Å². The van der Waals surface area contributed by atoms with Crippen molar-refractivity contribution in [1.29, 1.82) is 0 Å². The quantitative estimate of drug-likeness (QED) is 0.852. The highest BCUT2D eigenvalue weighted by atomic mass is 16.4. The molecular weight excluding hydrogens is 232 g/mol. The normalized spacial score (nSPS) is 24.3. The van der Waals surface area contributed by atoms with Crippen LogP contribution in [0.2, 0.25) is 0 Å². The molecule has 0 saturated carbocycles. The number of aromatic nitrogens is 1. The molecule has 0 aliphatic carbocycles. The molecule has 2 unspecified atom stereocenters. The zero-order valence-corrected chi connectivity index (χ0v) is 10.5. The fourth-order valence-electron chi connectivity index (χ4n) is 2.56. The zero-order chi connectivity index (χ0) is 13.1. The molecule has 1 aliphatic heterocycles. The van der Waals surface area contributed by atoms with E-state index in [1.54, 1.807) is 16.8 Å². The molecule has 1 N–H and O–H groups in total. The number of carboxylic acid groups (broad SMARTS) is 1. The van der Waals surface area contributed by atoms with Gasteiger partial charge in [-0.2, -0.15) is 0 Å². The maximum Gasteiger partial charge on any atom is 0.321 e. The van der Waals surface area contributed by atoms with Crippen molar-refractivity contribution in [1.82, 2.24) is 9.47 Å². The van der Waals surface area contributed by atoms with Crippen molar-refractivity contribution in [3.63, 3.8) is 0 Å². The van der Waals surface area contributed by atoms with E-state index in [-0.39, 0.29) is 11.5 Å². The highest BCUT2D eigenvalue weighted by Gasteiger charge is 2.36. The number of rotatable bonds is 4. The van der Waals surface area contributed by atoms with Crippen LogP contribution >= 0.6 is 0 Å². The Labute approximate surface area is 106 Å². The van der Waals surface area contributed by atoms with E-state index in [1.807, 2.05) is 17.9 Å². The van der Waals surface area contributed by atoms with Crippen LogP contribution in [0.3, 0.4) is 0 Å². The van der Waals surface area contributed by atoms with Crippen LogP contribution in [0.5, 0.6) is 0 Å². The molecule has 98 valence electrons. The van der Waals surface area contributed by atoms with Crippen molar-refractivity contribution < 1.29 is 9.90 Å². The summed E-state index contributed by atoms with van der Waals surface area (Å²) in [6, 6.07) is 4.62. The van der Waals surface area contributed by atoms with Crippen LogP contribution in [0.1, 0.15) is 13.3 Å². The third-order valence-electron chi connectivity index (χ3n) is 3.58. The summed E-state index contributed by atoms with van der Waals surface area (Å²) in [6.45, 7) is 3.90. The summed E-state index contributed by atoms with van der Waals surface area (Å²) in [5, 5.41) is 9.20. The number of carboxylic acids is 1. The molecular formula is C13H18N2O3. The number of aliphatic carboxylic acids is 1. The Bertz CT molecular complexity index is 483. The lowest BCUT2D eigenvalue weighted by atomic mass is 10.0. The number of pyridine rings is 1. The van der Waals surface area contributed by atoms with Crippen molar-refractivity contribution >= 4 is 5.97 Å². The van der Waals surface area contributed by atoms with Crippen molar-refractivity contribution in [2.24, 2.45) is 5.92 Å². The average molecular weight is 250 g/mol. The summed E-state index contributed by atoms with van der Waals surface area (Å²) in [4.78, 5) is 24.7. The summed E-state index contributed by atoms with van der Waals surface area (Å²) in [7, 11) is 0. The summed E-state index contributed by atoms with van der Waals surface area (Å²) in [6.07, 6.45) is 2.64. The maximum absolute atomic E-state index is 11.5. The van der Waals surface area contributed by atoms with Crippen LogP contribution in [0, 0.1) is 5.92 Å². The molecule has 2 heterocycles. The minimum Gasteiger partial charge on any atom is -0.480 e. The van der Waals surface area contributed by atoms with Gasteiger partial charge in [0.15, 0.2) is 0 Å². The molecule has 1 saturated heterocycles. The molecule has 0 spiro atoms. The van der Waals surface area contributed by atoms with E-state index >= 15 is 0 Å². The molecule has 1 aromatic rings. The van der Waals surface area contributed by atoms with E-state index in [0.717, 1.165) is 13.0 Å². The molecule has 1 fully saturated rings. The van der Waals surface area contributed by atoms with Gasteiger partial charge in [0.25, 0.3) is 5.56 Å². The van der Waals surface area contributed by atoms with E-state index in [0.29, 0.717) is 13.1 Å². The molecule has 18 heavy (non-hydrogen) atoms. The fourth-order valence-corrected chi connectivity index (χ4v) is 2.56. The maximum atomic E-state index is 11.5. The lowest BCUT2D eigenvalue weighted by Crippen LogP contribution is -2.41. The number of likely N-dealkylation sites (tertiary alicyclic amines) is 1. The SMILES string of the molecule is CC1CCN(CCn2ccccc2=O)C1C(=O)O. The Balaban J connectivity index is 2.00. The minimum absolute atomic E-state index is 0.0448. The van der Waals surface area contributed by atoms with Crippen LogP contribution in [0.4, 0.5) is 0 Å². The van der Waals surface area contributed by atoms with Crippen molar-refractivity contribution in [2.45, 2.75) is 25.9 Å². The summed E-state index contributed by atoms with van der Waals surface area (Å²) in [5.41, 5.74) is -0.0448. The Morgan fingerprint density at radius 2 is 2.22 bits per heavy atom. The van der Waals surface area contributed by atoms with Gasteiger partial charge in [0.1, 0.15) is 6.04 Å².